The quantitative estimate of drug-likeness (QED) is 0.195. The zero-order valence-electron chi connectivity index (χ0n) is 16.0. The molecule has 2 aromatic heterocycles. The standard InChI is InChI=1S/C11H11N15O6/c1-10(24(27)28)2-22(3-10)8-18-14-6(15-19-8)12-13-7-16-20-9(21-17-7)23-4-11(5-23,25(29)30)26(31)32/h2-5H2,1H3. The van der Waals surface area contributed by atoms with Crippen molar-refractivity contribution in [2.75, 3.05) is 36.0 Å². The highest BCUT2D eigenvalue weighted by atomic mass is 16.7. The average Bonchev–Trinajstić information content (AvgIpc) is 2.70. The van der Waals surface area contributed by atoms with Gasteiger partial charge < -0.3 is 9.80 Å². The predicted molar refractivity (Wildman–Crippen MR) is 96.0 cm³/mol. The van der Waals surface area contributed by atoms with E-state index in [1.807, 2.05) is 0 Å². The molecular weight excluding hydrogens is 438 g/mol. The molecule has 32 heavy (non-hydrogen) atoms. The molecule has 21 nitrogen and oxygen atoms in total. The van der Waals surface area contributed by atoms with Gasteiger partial charge in [0.05, 0.1) is 13.1 Å². The number of nitro groups is 3. The summed E-state index contributed by atoms with van der Waals surface area (Å²) in [5, 5.41) is 69.4. The first-order chi connectivity index (χ1) is 15.1. The Kier molecular flexibility index (Phi) is 4.63. The summed E-state index contributed by atoms with van der Waals surface area (Å²) in [6.07, 6.45) is 0. The summed E-state index contributed by atoms with van der Waals surface area (Å²) in [4.78, 5) is 33.1. The van der Waals surface area contributed by atoms with E-state index < -0.39 is 34.1 Å². The summed E-state index contributed by atoms with van der Waals surface area (Å²) in [6.45, 7) is 0.662. The van der Waals surface area contributed by atoms with Crippen LogP contribution in [0.15, 0.2) is 10.2 Å². The van der Waals surface area contributed by atoms with Crippen molar-refractivity contribution in [3.05, 3.63) is 30.3 Å². The second-order valence-corrected chi connectivity index (χ2v) is 7.16. The van der Waals surface area contributed by atoms with Crippen LogP contribution in [0.2, 0.25) is 0 Å². The van der Waals surface area contributed by atoms with Gasteiger partial charge in [0.25, 0.3) is 17.4 Å². The van der Waals surface area contributed by atoms with Gasteiger partial charge >= 0.3 is 17.6 Å². The number of nitrogens with zero attached hydrogens (tertiary/aromatic N) is 15. The third-order valence-electron chi connectivity index (χ3n) is 4.78. The molecule has 4 rings (SSSR count). The van der Waals surface area contributed by atoms with Crippen LogP contribution in [0.3, 0.4) is 0 Å². The number of anilines is 2. The number of hydrogen-bond acceptors (Lipinski definition) is 18. The summed E-state index contributed by atoms with van der Waals surface area (Å²) < 4.78 is 0. The van der Waals surface area contributed by atoms with E-state index in [0.717, 1.165) is 0 Å². The summed E-state index contributed by atoms with van der Waals surface area (Å²) >= 11 is 0. The molecule has 21 heteroatoms. The Hall–Kier alpha value is -4.72. The van der Waals surface area contributed by atoms with Gasteiger partial charge in [0.15, 0.2) is 13.1 Å². The van der Waals surface area contributed by atoms with E-state index in [2.05, 4.69) is 51.0 Å². The maximum Gasteiger partial charge on any atom is 0.492 e. The van der Waals surface area contributed by atoms with Crippen molar-refractivity contribution in [1.82, 2.24) is 40.8 Å². The lowest BCUT2D eigenvalue weighted by Crippen LogP contribution is -2.70. The van der Waals surface area contributed by atoms with E-state index in [9.17, 15) is 30.3 Å². The van der Waals surface area contributed by atoms with Crippen molar-refractivity contribution >= 4 is 23.8 Å². The SMILES string of the molecule is CC1([N+](=O)[O-])CN(c2nnc(N=Nc3nnc(N4CC([N+](=O)[O-])([N+](=O)[O-])C4)nn3)nn2)C1. The van der Waals surface area contributed by atoms with Gasteiger partial charge in [-0.1, -0.05) is 0 Å². The van der Waals surface area contributed by atoms with Crippen molar-refractivity contribution in [3.8, 4) is 0 Å². The summed E-state index contributed by atoms with van der Waals surface area (Å²) in [6, 6.07) is 0. The Morgan fingerprint density at radius 2 is 1.06 bits per heavy atom. The zero-order valence-corrected chi connectivity index (χ0v) is 16.0. The van der Waals surface area contributed by atoms with Crippen molar-refractivity contribution < 1.29 is 14.8 Å². The van der Waals surface area contributed by atoms with E-state index in [4.69, 9.17) is 0 Å². The van der Waals surface area contributed by atoms with E-state index in [-0.39, 0.29) is 41.8 Å². The summed E-state index contributed by atoms with van der Waals surface area (Å²) in [5.74, 6) is -0.601. The van der Waals surface area contributed by atoms with Crippen molar-refractivity contribution in [3.63, 3.8) is 0 Å². The second kappa shape index (κ2) is 7.21. The Morgan fingerprint density at radius 3 is 1.41 bits per heavy atom. The maximum atomic E-state index is 10.9. The van der Waals surface area contributed by atoms with Gasteiger partial charge in [-0.05, 0) is 0 Å². The lowest BCUT2D eigenvalue weighted by molar-refractivity contribution is -0.799. The minimum Gasteiger partial charge on any atom is -0.324 e. The second-order valence-electron chi connectivity index (χ2n) is 7.16. The van der Waals surface area contributed by atoms with Gasteiger partial charge in [0.1, 0.15) is 9.85 Å². The maximum absolute atomic E-state index is 10.9. The lowest BCUT2D eigenvalue weighted by atomic mass is 9.94. The zero-order chi connectivity index (χ0) is 23.1. The highest BCUT2D eigenvalue weighted by Crippen LogP contribution is 2.28. The third kappa shape index (κ3) is 3.39. The van der Waals surface area contributed by atoms with Crippen LogP contribution < -0.4 is 9.80 Å². The van der Waals surface area contributed by atoms with E-state index in [1.54, 1.807) is 0 Å². The number of rotatable bonds is 7. The van der Waals surface area contributed by atoms with Crippen LogP contribution in [0.4, 0.5) is 23.8 Å². The molecule has 2 aliphatic heterocycles. The molecule has 0 saturated carbocycles. The van der Waals surface area contributed by atoms with Gasteiger partial charge in [-0.3, -0.25) is 30.3 Å². The first-order valence-electron chi connectivity index (χ1n) is 8.63. The fourth-order valence-electron chi connectivity index (χ4n) is 2.90. The van der Waals surface area contributed by atoms with Gasteiger partial charge in [-0.25, -0.2) is 0 Å². The van der Waals surface area contributed by atoms with Gasteiger partial charge in [-0.15, -0.1) is 51.0 Å². The fourth-order valence-corrected chi connectivity index (χ4v) is 2.90. The minimum absolute atomic E-state index is 0.0993. The van der Waals surface area contributed by atoms with Crippen molar-refractivity contribution in [1.29, 1.82) is 0 Å². The van der Waals surface area contributed by atoms with Crippen LogP contribution in [-0.4, -0.2) is 92.9 Å². The molecular formula is C11H11N15O6. The molecule has 0 bridgehead atoms. The summed E-state index contributed by atoms with van der Waals surface area (Å²) in [7, 11) is 0. The topological polar surface area (TPSA) is 264 Å². The molecule has 0 N–H and O–H groups in total. The molecule has 0 unspecified atom stereocenters. The van der Waals surface area contributed by atoms with Gasteiger partial charge in [0, 0.05) is 11.8 Å². The third-order valence-corrected chi connectivity index (χ3v) is 4.78. The first-order valence-corrected chi connectivity index (χ1v) is 8.63. The van der Waals surface area contributed by atoms with E-state index >= 15 is 0 Å². The average molecular weight is 449 g/mol. The van der Waals surface area contributed by atoms with Crippen LogP contribution in [0.5, 0.6) is 0 Å². The van der Waals surface area contributed by atoms with Crippen LogP contribution in [0.25, 0.3) is 0 Å². The Morgan fingerprint density at radius 1 is 0.688 bits per heavy atom. The van der Waals surface area contributed by atoms with Crippen LogP contribution >= 0.6 is 0 Å². The molecule has 0 aromatic carbocycles. The molecule has 166 valence electrons. The van der Waals surface area contributed by atoms with Gasteiger partial charge in [0.2, 0.25) is 0 Å². The van der Waals surface area contributed by atoms with E-state index in [1.165, 1.54) is 16.7 Å². The smallest absolute Gasteiger partial charge is 0.324 e. The van der Waals surface area contributed by atoms with Crippen LogP contribution in [0.1, 0.15) is 6.92 Å². The Balaban J connectivity index is 1.34. The molecule has 2 aromatic rings. The monoisotopic (exact) mass is 449 g/mol. The number of azo groups is 1. The fraction of sp³-hybridized carbons (Fsp3) is 0.636. The number of hydrogen-bond donors (Lipinski definition) is 0. The molecule has 0 amide bonds. The number of aromatic nitrogens is 8. The molecule has 0 aliphatic carbocycles. The molecule has 2 fully saturated rings. The van der Waals surface area contributed by atoms with Crippen molar-refractivity contribution in [2.45, 2.75) is 18.1 Å². The molecule has 4 heterocycles. The Bertz CT molecular complexity index is 1080. The lowest BCUT2D eigenvalue weighted by Gasteiger charge is -2.40. The molecule has 2 saturated heterocycles. The highest BCUT2D eigenvalue weighted by molar-refractivity contribution is 5.35. The largest absolute Gasteiger partial charge is 0.492 e. The molecule has 2 aliphatic rings. The molecule has 0 radical (unpaired) electrons. The van der Waals surface area contributed by atoms with Gasteiger partial charge in [-0.2, -0.15) is 0 Å². The molecule has 0 spiro atoms. The van der Waals surface area contributed by atoms with Crippen LogP contribution in [-0.2, 0) is 0 Å². The summed E-state index contributed by atoms with van der Waals surface area (Å²) in [5.41, 5.74) is -3.39. The highest BCUT2D eigenvalue weighted by Gasteiger charge is 2.67. The molecule has 0 atom stereocenters. The predicted octanol–water partition coefficient (Wildman–Crippen LogP) is -1.81. The first kappa shape index (κ1) is 20.5. The van der Waals surface area contributed by atoms with Crippen LogP contribution in [0, 0.1) is 30.3 Å². The Labute approximate surface area is 175 Å². The normalized spacial score (nSPS) is 18.7. The van der Waals surface area contributed by atoms with Crippen molar-refractivity contribution in [2.24, 2.45) is 10.2 Å². The minimum atomic E-state index is -2.32. The van der Waals surface area contributed by atoms with E-state index in [0.29, 0.717) is 0 Å².